The van der Waals surface area contributed by atoms with E-state index in [0.717, 1.165) is 0 Å². The van der Waals surface area contributed by atoms with Crippen molar-refractivity contribution in [3.8, 4) is 0 Å². The van der Waals surface area contributed by atoms with Crippen LogP contribution in [-0.2, 0) is 1.29 Å². The summed E-state index contributed by atoms with van der Waals surface area (Å²) in [5, 5.41) is 0. The van der Waals surface area contributed by atoms with Crippen LogP contribution in [0, 0.1) is 0 Å². The summed E-state index contributed by atoms with van der Waals surface area (Å²) in [6.07, 6.45) is 0. The van der Waals surface area contributed by atoms with E-state index in [1.807, 2.05) is 0 Å². The Balaban J connectivity index is -0.00000000667. The Kier molecular flexibility index (Phi) is 137. The quantitative estimate of drug-likeness (QED) is 0.429. The van der Waals surface area contributed by atoms with Gasteiger partial charge >= 0.3 is 48.2 Å². The molecule has 0 aromatic carbocycles. The normalized spacial score (nSPS) is 3.00. The van der Waals surface area contributed by atoms with Crippen molar-refractivity contribution < 1.29 is 17.7 Å². The van der Waals surface area contributed by atoms with Crippen LogP contribution in [0.25, 0.3) is 0 Å². The molecule has 4 nitrogen and oxygen atoms in total. The molecule has 0 aromatic heterocycles. The van der Waals surface area contributed by atoms with Gasteiger partial charge in [-0.05, 0) is 0 Å². The van der Waals surface area contributed by atoms with Crippen molar-refractivity contribution >= 4 is 46.9 Å². The summed E-state index contributed by atoms with van der Waals surface area (Å²) in [6, 6.07) is 0. The van der Waals surface area contributed by atoms with Crippen molar-refractivity contribution in [1.82, 2.24) is 0 Å². The molecule has 0 saturated heterocycles. The first kappa shape index (κ1) is 25.9. The third-order valence-corrected chi connectivity index (χ3v) is 0. The van der Waals surface area contributed by atoms with Gasteiger partial charge in [0, 0.05) is 0 Å². The number of rotatable bonds is 0. The molecule has 0 aliphatic rings. The molecule has 0 rings (SSSR count). The Morgan fingerprint density at radius 2 is 0.833 bits per heavy atom. The maximum atomic E-state index is 4.35. The molecule has 0 spiro atoms. The molecular weight excluding hydrogens is 308 g/mol. The molecule has 0 heterocycles. The van der Waals surface area contributed by atoms with Crippen molar-refractivity contribution in [2.24, 2.45) is 0 Å². The Bertz CT molecular complexity index is 5.51. The van der Waals surface area contributed by atoms with Crippen LogP contribution in [0.15, 0.2) is 0 Å². The molecule has 6 N–H and O–H groups in total. The van der Waals surface area contributed by atoms with Gasteiger partial charge in [0.25, 0.3) is 0 Å². The minimum absolute atomic E-state index is 0. The Labute approximate surface area is 64.3 Å². The molecule has 0 amide bonds. The molecule has 0 saturated carbocycles. The zero-order chi connectivity index (χ0) is 2.71. The van der Waals surface area contributed by atoms with Gasteiger partial charge in [0.15, 0.2) is 0 Å². The minimum atomic E-state index is 0. The average Bonchev–Trinajstić information content (AvgIpc) is 0.918. The van der Waals surface area contributed by atoms with Gasteiger partial charge in [-0.2, -0.15) is 0 Å². The predicted molar refractivity (Wildman–Crippen MR) is 23.4 cm³/mol. The van der Waals surface area contributed by atoms with Crippen LogP contribution in [-0.4, -0.2) is 63.3 Å². The first-order valence-corrected chi connectivity index (χ1v) is 2.45. The molecule has 40 valence electrons. The third-order valence-electron chi connectivity index (χ3n) is 0. The number of hydrogen-bond acceptors (Lipinski definition) is 1. The molecule has 6 heavy (non-hydrogen) atoms. The molecule has 4 radical (unpaired) electrons. The van der Waals surface area contributed by atoms with E-state index in [0.29, 0.717) is 0 Å². The van der Waals surface area contributed by atoms with Crippen LogP contribution in [0.1, 0.15) is 0 Å². The van der Waals surface area contributed by atoms with Crippen molar-refractivity contribution in [2.45, 2.75) is 0 Å². The van der Waals surface area contributed by atoms with Crippen LogP contribution < -0.4 is 0 Å². The van der Waals surface area contributed by atoms with Gasteiger partial charge in [-0.15, -0.1) is 0 Å². The second kappa shape index (κ2) is 31.7. The van der Waals surface area contributed by atoms with Crippen molar-refractivity contribution in [3.05, 3.63) is 0 Å². The third kappa shape index (κ3) is 50.3. The molecule has 0 bridgehead atoms. The standard InChI is InChI=1S/3H2O.O.2Sb/h3*1H2;;;. The van der Waals surface area contributed by atoms with E-state index in [1.165, 1.54) is 46.9 Å². The fourth-order valence-corrected chi connectivity index (χ4v) is 0. The average molecular weight is 314 g/mol. The van der Waals surface area contributed by atoms with E-state index in [9.17, 15) is 0 Å². The first-order chi connectivity index (χ1) is 1.41. The molecule has 0 unspecified atom stereocenters. The van der Waals surface area contributed by atoms with E-state index in [4.69, 9.17) is 0 Å². The fraction of sp³-hybridized carbons (Fsp3) is 0. The van der Waals surface area contributed by atoms with E-state index >= 15 is 0 Å². The summed E-state index contributed by atoms with van der Waals surface area (Å²) in [5.74, 6) is 0. The van der Waals surface area contributed by atoms with Gasteiger partial charge in [0.05, 0.1) is 0 Å². The predicted octanol–water partition coefficient (Wildman–Crippen LogP) is -3.30. The SMILES string of the molecule is O.O.O.[Sb][O][Sb]. The topological polar surface area (TPSA) is 104 Å². The zero-order valence-electron chi connectivity index (χ0n) is 2.80. The van der Waals surface area contributed by atoms with Gasteiger partial charge in [-0.3, -0.25) is 0 Å². The van der Waals surface area contributed by atoms with Crippen molar-refractivity contribution in [1.29, 1.82) is 0 Å². The molecule has 0 aromatic rings. The summed E-state index contributed by atoms with van der Waals surface area (Å²) >= 11 is 2.75. The summed E-state index contributed by atoms with van der Waals surface area (Å²) in [5.41, 5.74) is 0. The fourth-order valence-electron chi connectivity index (χ4n) is 0. The molecular formula is H6O4Sb2. The van der Waals surface area contributed by atoms with Gasteiger partial charge in [0.2, 0.25) is 0 Å². The van der Waals surface area contributed by atoms with E-state index in [2.05, 4.69) is 1.29 Å². The zero-order valence-corrected chi connectivity index (χ0v) is 7.91. The van der Waals surface area contributed by atoms with Gasteiger partial charge < -0.3 is 16.4 Å². The van der Waals surface area contributed by atoms with Gasteiger partial charge in [-0.25, -0.2) is 0 Å². The summed E-state index contributed by atoms with van der Waals surface area (Å²) in [6.45, 7) is 0. The summed E-state index contributed by atoms with van der Waals surface area (Å²) < 4.78 is 4.35. The second-order valence-corrected chi connectivity index (χ2v) is 3.67. The van der Waals surface area contributed by atoms with E-state index in [-0.39, 0.29) is 16.4 Å². The molecule has 6 heteroatoms. The summed E-state index contributed by atoms with van der Waals surface area (Å²) in [4.78, 5) is 0. The van der Waals surface area contributed by atoms with Crippen LogP contribution in [0.5, 0.6) is 0 Å². The van der Waals surface area contributed by atoms with Crippen molar-refractivity contribution in [3.63, 3.8) is 0 Å². The van der Waals surface area contributed by atoms with Crippen LogP contribution in [0.2, 0.25) is 0 Å². The maximum absolute atomic E-state index is 4.35. The molecule has 0 fully saturated rings. The second-order valence-electron chi connectivity index (χ2n) is 0.0816. The van der Waals surface area contributed by atoms with Gasteiger partial charge in [-0.1, -0.05) is 0 Å². The Morgan fingerprint density at radius 1 is 0.833 bits per heavy atom. The Morgan fingerprint density at radius 3 is 0.833 bits per heavy atom. The monoisotopic (exact) mass is 312 g/mol. The van der Waals surface area contributed by atoms with Crippen LogP contribution in [0.3, 0.4) is 0 Å². The molecule has 0 aliphatic heterocycles. The van der Waals surface area contributed by atoms with Gasteiger partial charge in [0.1, 0.15) is 0 Å². The number of hydrogen-bond donors (Lipinski definition) is 0. The van der Waals surface area contributed by atoms with E-state index < -0.39 is 0 Å². The van der Waals surface area contributed by atoms with E-state index in [1.54, 1.807) is 0 Å². The van der Waals surface area contributed by atoms with Crippen LogP contribution >= 0.6 is 0 Å². The summed E-state index contributed by atoms with van der Waals surface area (Å²) in [7, 11) is 0. The van der Waals surface area contributed by atoms with Crippen molar-refractivity contribution in [2.75, 3.05) is 0 Å². The van der Waals surface area contributed by atoms with Crippen LogP contribution in [0.4, 0.5) is 0 Å². The molecule has 0 aliphatic carbocycles. The molecule has 0 atom stereocenters. The Hall–Kier alpha value is 1.48. The first-order valence-electron chi connectivity index (χ1n) is 0.365.